The number of amides is 1. The third-order valence-electron chi connectivity index (χ3n) is 4.41. The highest BCUT2D eigenvalue weighted by molar-refractivity contribution is 6.42. The van der Waals surface area contributed by atoms with Gasteiger partial charge in [-0.3, -0.25) is 4.79 Å². The molecule has 8 heteroatoms. The summed E-state index contributed by atoms with van der Waals surface area (Å²) in [6.45, 7) is 0.437. The van der Waals surface area contributed by atoms with E-state index in [0.717, 1.165) is 31.2 Å². The Kier molecular flexibility index (Phi) is 7.14. The molecule has 0 aliphatic heterocycles. The van der Waals surface area contributed by atoms with Crippen LogP contribution in [0, 0.1) is 5.92 Å². The number of nitrogens with one attached hydrogen (secondary N) is 1. The van der Waals surface area contributed by atoms with Gasteiger partial charge in [0.05, 0.1) is 22.8 Å². The van der Waals surface area contributed by atoms with Crippen LogP contribution in [-0.2, 0) is 11.3 Å². The predicted molar refractivity (Wildman–Crippen MR) is 104 cm³/mol. The third kappa shape index (κ3) is 4.88. The molecular formula is C17H21Cl3N4O. The lowest BCUT2D eigenvalue weighted by atomic mass is 9.85. The van der Waals surface area contributed by atoms with E-state index >= 15 is 0 Å². The smallest absolute Gasteiger partial charge is 0.228 e. The molecule has 3 rings (SSSR count). The number of carbonyl (C=O) groups is 1. The summed E-state index contributed by atoms with van der Waals surface area (Å²) in [4.78, 5) is 12.5. The highest BCUT2D eigenvalue weighted by Gasteiger charge is 2.26. The zero-order chi connectivity index (χ0) is 17.1. The van der Waals surface area contributed by atoms with E-state index < -0.39 is 0 Å². The molecule has 1 aromatic heterocycles. The van der Waals surface area contributed by atoms with Crippen LogP contribution in [-0.4, -0.2) is 21.7 Å². The first-order valence-electron chi connectivity index (χ1n) is 8.05. The van der Waals surface area contributed by atoms with Crippen LogP contribution in [0.3, 0.4) is 0 Å². The number of carbonyl (C=O) groups excluding carboxylic acids is 1. The molecule has 1 aromatic carbocycles. The molecule has 1 aliphatic rings. The molecule has 136 valence electrons. The molecule has 0 bridgehead atoms. The van der Waals surface area contributed by atoms with Gasteiger partial charge in [0.1, 0.15) is 5.82 Å². The van der Waals surface area contributed by atoms with Gasteiger partial charge < -0.3 is 11.1 Å². The van der Waals surface area contributed by atoms with Crippen LogP contribution in [0.2, 0.25) is 10.0 Å². The molecule has 1 heterocycles. The van der Waals surface area contributed by atoms with Gasteiger partial charge in [0, 0.05) is 18.0 Å². The van der Waals surface area contributed by atoms with Gasteiger partial charge in [0.25, 0.3) is 0 Å². The van der Waals surface area contributed by atoms with E-state index in [-0.39, 0.29) is 30.3 Å². The summed E-state index contributed by atoms with van der Waals surface area (Å²) in [6, 6.07) is 7.37. The largest absolute Gasteiger partial charge is 0.328 e. The second kappa shape index (κ2) is 8.90. The summed E-state index contributed by atoms with van der Waals surface area (Å²) in [5.74, 6) is 0.617. The summed E-state index contributed by atoms with van der Waals surface area (Å²) < 4.78 is 1.71. The number of nitrogens with zero attached hydrogens (tertiary/aromatic N) is 2. The molecule has 2 atom stereocenters. The van der Waals surface area contributed by atoms with Gasteiger partial charge in [-0.05, 0) is 30.9 Å². The molecule has 5 nitrogen and oxygen atoms in total. The van der Waals surface area contributed by atoms with Gasteiger partial charge in [-0.25, -0.2) is 4.68 Å². The summed E-state index contributed by atoms with van der Waals surface area (Å²) in [5, 5.41) is 8.24. The van der Waals surface area contributed by atoms with Crippen molar-refractivity contribution in [2.24, 2.45) is 11.7 Å². The fourth-order valence-corrected chi connectivity index (χ4v) is 3.47. The first-order chi connectivity index (χ1) is 11.5. The molecule has 0 saturated heterocycles. The van der Waals surface area contributed by atoms with Gasteiger partial charge in [-0.15, -0.1) is 12.4 Å². The lowest BCUT2D eigenvalue weighted by Gasteiger charge is -2.25. The molecule has 2 aromatic rings. The van der Waals surface area contributed by atoms with E-state index in [1.165, 1.54) is 0 Å². The van der Waals surface area contributed by atoms with Crippen molar-refractivity contribution in [3.63, 3.8) is 0 Å². The highest BCUT2D eigenvalue weighted by atomic mass is 35.5. The summed E-state index contributed by atoms with van der Waals surface area (Å²) in [5.41, 5.74) is 6.82. The van der Waals surface area contributed by atoms with E-state index in [1.54, 1.807) is 23.0 Å². The zero-order valence-electron chi connectivity index (χ0n) is 13.6. The van der Waals surface area contributed by atoms with Gasteiger partial charge in [0.2, 0.25) is 5.91 Å². The van der Waals surface area contributed by atoms with Gasteiger partial charge >= 0.3 is 0 Å². The van der Waals surface area contributed by atoms with Crippen LogP contribution < -0.4 is 11.1 Å². The summed E-state index contributed by atoms with van der Waals surface area (Å²) in [6.07, 6.45) is 5.26. The first kappa shape index (κ1) is 20.0. The Labute approximate surface area is 163 Å². The minimum absolute atomic E-state index is 0. The number of rotatable bonds is 4. The number of benzene rings is 1. The number of hydrogen-bond donors (Lipinski definition) is 2. The predicted octanol–water partition coefficient (Wildman–Crippen LogP) is 4.12. The number of hydrogen-bond acceptors (Lipinski definition) is 3. The van der Waals surface area contributed by atoms with Gasteiger partial charge in [-0.1, -0.05) is 41.8 Å². The van der Waals surface area contributed by atoms with Crippen molar-refractivity contribution in [1.82, 2.24) is 9.78 Å². The van der Waals surface area contributed by atoms with Crippen LogP contribution in [0.15, 0.2) is 30.5 Å². The molecule has 1 saturated carbocycles. The van der Waals surface area contributed by atoms with Crippen molar-refractivity contribution in [2.45, 2.75) is 38.3 Å². The van der Waals surface area contributed by atoms with Crippen LogP contribution in [0.25, 0.3) is 0 Å². The average Bonchev–Trinajstić information content (AvgIpc) is 2.99. The van der Waals surface area contributed by atoms with Gasteiger partial charge in [-0.2, -0.15) is 5.10 Å². The van der Waals surface area contributed by atoms with Crippen LogP contribution in [0.1, 0.15) is 31.2 Å². The fourth-order valence-electron chi connectivity index (χ4n) is 3.09. The average molecular weight is 404 g/mol. The lowest BCUT2D eigenvalue weighted by Crippen LogP contribution is -2.34. The molecule has 1 aliphatic carbocycles. The third-order valence-corrected chi connectivity index (χ3v) is 5.26. The van der Waals surface area contributed by atoms with Crippen LogP contribution in [0.5, 0.6) is 0 Å². The number of aromatic nitrogens is 2. The van der Waals surface area contributed by atoms with Crippen molar-refractivity contribution in [3.05, 3.63) is 46.1 Å². The normalized spacial score (nSPS) is 20.0. The second-order valence-electron chi connectivity index (χ2n) is 6.20. The topological polar surface area (TPSA) is 72.9 Å². The van der Waals surface area contributed by atoms with E-state index in [2.05, 4.69) is 10.4 Å². The van der Waals surface area contributed by atoms with E-state index in [0.29, 0.717) is 22.4 Å². The summed E-state index contributed by atoms with van der Waals surface area (Å²) in [7, 11) is 0. The Morgan fingerprint density at radius 2 is 2.12 bits per heavy atom. The molecule has 1 fully saturated rings. The Morgan fingerprint density at radius 1 is 1.32 bits per heavy atom. The Balaban J connectivity index is 0.00000225. The van der Waals surface area contributed by atoms with Crippen LogP contribution >= 0.6 is 35.6 Å². The Morgan fingerprint density at radius 3 is 2.88 bits per heavy atom. The Bertz CT molecular complexity index is 734. The second-order valence-corrected chi connectivity index (χ2v) is 6.99. The molecule has 25 heavy (non-hydrogen) atoms. The molecule has 2 unspecified atom stereocenters. The molecule has 0 spiro atoms. The van der Waals surface area contributed by atoms with Crippen LogP contribution in [0.4, 0.5) is 5.82 Å². The minimum Gasteiger partial charge on any atom is -0.328 e. The maximum Gasteiger partial charge on any atom is 0.228 e. The quantitative estimate of drug-likeness (QED) is 0.806. The number of anilines is 1. The SMILES string of the molecule is Cl.NC1CCCC(C(=O)Nc2ccnn2Cc2cccc(Cl)c2Cl)C1. The number of nitrogens with two attached hydrogens (primary N) is 1. The van der Waals surface area contributed by atoms with Crippen molar-refractivity contribution < 1.29 is 4.79 Å². The molecular weight excluding hydrogens is 383 g/mol. The zero-order valence-corrected chi connectivity index (χ0v) is 15.9. The minimum atomic E-state index is -0.0353. The highest BCUT2D eigenvalue weighted by Crippen LogP contribution is 2.27. The maximum atomic E-state index is 12.5. The van der Waals surface area contributed by atoms with E-state index in [9.17, 15) is 4.79 Å². The number of halogens is 3. The van der Waals surface area contributed by atoms with Crippen molar-refractivity contribution in [2.75, 3.05) is 5.32 Å². The Hall–Kier alpha value is -1.27. The van der Waals surface area contributed by atoms with Crippen molar-refractivity contribution in [1.29, 1.82) is 0 Å². The summed E-state index contributed by atoms with van der Waals surface area (Å²) >= 11 is 12.3. The maximum absolute atomic E-state index is 12.5. The van der Waals surface area contributed by atoms with Crippen molar-refractivity contribution in [3.8, 4) is 0 Å². The fraction of sp³-hybridized carbons (Fsp3) is 0.412. The van der Waals surface area contributed by atoms with E-state index in [4.69, 9.17) is 28.9 Å². The molecule has 1 amide bonds. The monoisotopic (exact) mass is 402 g/mol. The lowest BCUT2D eigenvalue weighted by molar-refractivity contribution is -0.120. The standard InChI is InChI=1S/C17H20Cl2N4O.ClH/c18-14-6-2-4-12(16(14)19)10-23-15(7-8-21-23)22-17(24)11-3-1-5-13(20)9-11;/h2,4,6-8,11,13H,1,3,5,9-10,20H2,(H,22,24);1H. The van der Waals surface area contributed by atoms with Crippen molar-refractivity contribution >= 4 is 47.3 Å². The molecule has 3 N–H and O–H groups in total. The van der Waals surface area contributed by atoms with Gasteiger partial charge in [0.15, 0.2) is 0 Å². The van der Waals surface area contributed by atoms with E-state index in [1.807, 2.05) is 12.1 Å². The molecule has 0 radical (unpaired) electrons. The first-order valence-corrected chi connectivity index (χ1v) is 8.81.